The van der Waals surface area contributed by atoms with Gasteiger partial charge in [-0.25, -0.2) is 4.98 Å². The Labute approximate surface area is 309 Å². The number of carbonyl (C=O) groups is 1. The summed E-state index contributed by atoms with van der Waals surface area (Å²) in [7, 11) is 0. The average Bonchev–Trinajstić information content (AvgIpc) is 3.46. The van der Waals surface area contributed by atoms with Crippen LogP contribution in [0.1, 0.15) is 88.1 Å². The van der Waals surface area contributed by atoms with Crippen molar-refractivity contribution < 1.29 is 14.3 Å². The van der Waals surface area contributed by atoms with Gasteiger partial charge in [-0.05, 0) is 116 Å². The van der Waals surface area contributed by atoms with Gasteiger partial charge in [-0.3, -0.25) is 4.79 Å². The number of H-pyrrole nitrogens is 1. The van der Waals surface area contributed by atoms with Crippen LogP contribution < -0.4 is 15.0 Å². The van der Waals surface area contributed by atoms with Crippen molar-refractivity contribution in [3.05, 3.63) is 94.6 Å². The van der Waals surface area contributed by atoms with Crippen molar-refractivity contribution in [1.29, 1.82) is 0 Å². The molecule has 2 heterocycles. The molecule has 1 aromatic heterocycles. The van der Waals surface area contributed by atoms with E-state index < -0.39 is 0 Å². The van der Waals surface area contributed by atoms with Crippen LogP contribution in [0.15, 0.2) is 71.1 Å². The molecule has 0 fully saturated rings. The van der Waals surface area contributed by atoms with Gasteiger partial charge in [0.25, 0.3) is 5.91 Å². The van der Waals surface area contributed by atoms with Gasteiger partial charge in [0.05, 0.1) is 12.3 Å². The number of imidazole rings is 1. The van der Waals surface area contributed by atoms with Gasteiger partial charge < -0.3 is 24.7 Å². The normalized spacial score (nSPS) is 14.1. The Bertz CT molecular complexity index is 1760. The molecule has 1 amide bonds. The number of anilines is 2. The Kier molecular flexibility index (Phi) is 14.2. The fraction of sp³-hybridized carbons (Fsp3) is 0.442. The van der Waals surface area contributed by atoms with Crippen molar-refractivity contribution in [3.8, 4) is 16.9 Å². The minimum atomic E-state index is -0.0424. The number of fused-ring (bicyclic) bond motifs is 1. The van der Waals surface area contributed by atoms with Gasteiger partial charge in [0.15, 0.2) is 0 Å². The third-order valence-corrected chi connectivity index (χ3v) is 10.3. The molecule has 8 heteroatoms. The zero-order valence-corrected chi connectivity index (χ0v) is 32.3. The first-order chi connectivity index (χ1) is 24.7. The zero-order valence-electron chi connectivity index (χ0n) is 31.4. The predicted octanol–water partition coefficient (Wildman–Crippen LogP) is 10.4. The third kappa shape index (κ3) is 11.0. The van der Waals surface area contributed by atoms with Crippen LogP contribution in [-0.2, 0) is 21.7 Å². The Morgan fingerprint density at radius 3 is 2.53 bits per heavy atom. The number of unbranched alkanes of at least 4 members (excludes halogenated alkanes) is 1. The maximum Gasteiger partial charge on any atom is 0.251 e. The highest BCUT2D eigenvalue weighted by Gasteiger charge is 2.20. The van der Waals surface area contributed by atoms with Crippen LogP contribution in [0, 0.1) is 19.8 Å². The lowest BCUT2D eigenvalue weighted by Crippen LogP contribution is -2.30. The smallest absolute Gasteiger partial charge is 0.251 e. The lowest BCUT2D eigenvalue weighted by molar-refractivity contribution is -0.112. The average molecular weight is 709 g/mol. The lowest BCUT2D eigenvalue weighted by Gasteiger charge is -2.30. The highest BCUT2D eigenvalue weighted by Crippen LogP contribution is 2.34. The Morgan fingerprint density at radius 1 is 0.980 bits per heavy atom. The number of rotatable bonds is 17. The summed E-state index contributed by atoms with van der Waals surface area (Å²) in [5.74, 6) is 3.20. The Hall–Kier alpha value is -4.01. The third-order valence-electron chi connectivity index (χ3n) is 9.09. The summed E-state index contributed by atoms with van der Waals surface area (Å²) >= 11 is 1.79. The molecule has 3 aromatic carbocycles. The summed E-state index contributed by atoms with van der Waals surface area (Å²) in [5, 5.41) is 3.22. The highest BCUT2D eigenvalue weighted by molar-refractivity contribution is 7.98. The van der Waals surface area contributed by atoms with E-state index in [9.17, 15) is 4.79 Å². The van der Waals surface area contributed by atoms with Crippen molar-refractivity contribution >= 4 is 35.1 Å². The summed E-state index contributed by atoms with van der Waals surface area (Å²) in [6, 6.07) is 21.1. The van der Waals surface area contributed by atoms with Crippen molar-refractivity contribution in [2.45, 2.75) is 90.7 Å². The van der Waals surface area contributed by atoms with E-state index in [-0.39, 0.29) is 5.91 Å². The molecule has 51 heavy (non-hydrogen) atoms. The van der Waals surface area contributed by atoms with Crippen LogP contribution in [-0.4, -0.2) is 48.8 Å². The largest absolute Gasteiger partial charge is 0.491 e. The highest BCUT2D eigenvalue weighted by atomic mass is 32.2. The maximum atomic E-state index is 13.8. The second-order valence-electron chi connectivity index (χ2n) is 14.0. The van der Waals surface area contributed by atoms with E-state index in [1.54, 1.807) is 11.8 Å². The number of carbonyl (C=O) groups excluding carboxylic acids is 1. The van der Waals surface area contributed by atoms with E-state index in [4.69, 9.17) is 14.5 Å². The molecule has 0 radical (unpaired) electrons. The van der Waals surface area contributed by atoms with Crippen LogP contribution in [0.2, 0.25) is 0 Å². The molecule has 4 aromatic rings. The number of amides is 1. The molecule has 0 atom stereocenters. The molecule has 1 aliphatic heterocycles. The Morgan fingerprint density at radius 2 is 1.78 bits per heavy atom. The summed E-state index contributed by atoms with van der Waals surface area (Å²) < 4.78 is 11.5. The number of hydrogen-bond acceptors (Lipinski definition) is 6. The SMILES string of the molecule is CCCCOCCOc1ccc(-c2ccc3c(c2)/C=C(/C(=O)Nc2ccc(SCc4nc(CCC)[nH]c4C)c(C)c2)CCCN3CC(C)C)cc1. The van der Waals surface area contributed by atoms with E-state index >= 15 is 0 Å². The molecule has 0 bridgehead atoms. The number of thioether (sulfide) groups is 1. The van der Waals surface area contributed by atoms with E-state index in [1.165, 1.54) is 10.6 Å². The van der Waals surface area contributed by atoms with Gasteiger partial charge in [-0.2, -0.15) is 0 Å². The Balaban J connectivity index is 1.30. The minimum absolute atomic E-state index is 0.0424. The maximum absolute atomic E-state index is 13.8. The van der Waals surface area contributed by atoms with Gasteiger partial charge in [0.1, 0.15) is 18.2 Å². The topological polar surface area (TPSA) is 79.5 Å². The zero-order chi connectivity index (χ0) is 36.2. The van der Waals surface area contributed by atoms with E-state index in [0.29, 0.717) is 25.6 Å². The number of hydrogen-bond donors (Lipinski definition) is 2. The van der Waals surface area contributed by atoms with Gasteiger partial charge in [-0.1, -0.05) is 52.3 Å². The molecule has 2 N–H and O–H groups in total. The quantitative estimate of drug-likeness (QED) is 0.0840. The number of nitrogens with zero attached hydrogens (tertiary/aromatic N) is 2. The first kappa shape index (κ1) is 38.2. The first-order valence-electron chi connectivity index (χ1n) is 18.7. The number of aromatic amines is 1. The molecular weight excluding hydrogens is 653 g/mol. The van der Waals surface area contributed by atoms with Gasteiger partial charge in [0, 0.05) is 59.4 Å². The fourth-order valence-corrected chi connectivity index (χ4v) is 7.43. The molecule has 0 saturated carbocycles. The number of aromatic nitrogens is 2. The van der Waals surface area contributed by atoms with E-state index in [1.807, 2.05) is 18.2 Å². The molecule has 0 aliphatic carbocycles. The van der Waals surface area contributed by atoms with Gasteiger partial charge >= 0.3 is 0 Å². The summed E-state index contributed by atoms with van der Waals surface area (Å²) in [4.78, 5) is 25.7. The molecule has 272 valence electrons. The molecular formula is C43H56N4O3S. The molecule has 0 unspecified atom stereocenters. The van der Waals surface area contributed by atoms with Crippen LogP contribution in [0.25, 0.3) is 17.2 Å². The van der Waals surface area contributed by atoms with Gasteiger partial charge in [0.2, 0.25) is 0 Å². The van der Waals surface area contributed by atoms with Crippen LogP contribution >= 0.6 is 11.8 Å². The van der Waals surface area contributed by atoms with Crippen LogP contribution in [0.4, 0.5) is 11.4 Å². The fourth-order valence-electron chi connectivity index (χ4n) is 6.40. The van der Waals surface area contributed by atoms with Crippen LogP contribution in [0.5, 0.6) is 5.75 Å². The van der Waals surface area contributed by atoms with E-state index in [0.717, 1.165) is 114 Å². The number of ether oxygens (including phenoxy) is 2. The van der Waals surface area contributed by atoms with Gasteiger partial charge in [-0.15, -0.1) is 11.8 Å². The van der Waals surface area contributed by atoms with Crippen molar-refractivity contribution in [2.24, 2.45) is 5.92 Å². The lowest BCUT2D eigenvalue weighted by atomic mass is 9.96. The molecule has 5 rings (SSSR count). The molecule has 7 nitrogen and oxygen atoms in total. The number of benzene rings is 3. The predicted molar refractivity (Wildman–Crippen MR) is 214 cm³/mol. The summed E-state index contributed by atoms with van der Waals surface area (Å²) in [5.41, 5.74) is 9.47. The monoisotopic (exact) mass is 708 g/mol. The first-order valence-corrected chi connectivity index (χ1v) is 19.7. The second-order valence-corrected chi connectivity index (χ2v) is 15.0. The van der Waals surface area contributed by atoms with Crippen molar-refractivity contribution in [2.75, 3.05) is 43.1 Å². The van der Waals surface area contributed by atoms with Crippen LogP contribution in [0.3, 0.4) is 0 Å². The summed E-state index contributed by atoms with van der Waals surface area (Å²) in [6.45, 7) is 16.8. The standard InChI is InChI=1S/C43H56N4O3S/c1-7-9-22-49-23-24-50-38-17-13-33(14-18-38)34-15-19-40-36(26-34)27-35(12-10-21-47(40)28-30(3)4)43(48)45-37-16-20-41(31(5)25-37)51-29-39-32(6)44-42(46-39)11-8-2/h13-20,25-27,30H,7-12,21-24,28-29H2,1-6H3,(H,44,46)(H,45,48)/b35-27+. The molecule has 0 saturated heterocycles. The summed E-state index contributed by atoms with van der Waals surface area (Å²) in [6.07, 6.45) is 7.99. The molecule has 1 aliphatic rings. The van der Waals surface area contributed by atoms with Crippen molar-refractivity contribution in [3.63, 3.8) is 0 Å². The minimum Gasteiger partial charge on any atom is -0.491 e. The number of nitrogens with one attached hydrogen (secondary N) is 2. The second kappa shape index (κ2) is 19.0. The van der Waals surface area contributed by atoms with E-state index in [2.05, 4.69) is 105 Å². The molecule has 0 spiro atoms. The number of aryl methyl sites for hydroxylation is 3. The van der Waals surface area contributed by atoms with Crippen molar-refractivity contribution in [1.82, 2.24) is 9.97 Å².